The lowest BCUT2D eigenvalue weighted by atomic mass is 9.90. The Morgan fingerprint density at radius 1 is 1.17 bits per heavy atom. The lowest BCUT2D eigenvalue weighted by molar-refractivity contribution is 0.0490. The molecule has 2 aromatic rings. The zero-order chi connectivity index (χ0) is 17.1. The molecule has 1 fully saturated rings. The van der Waals surface area contributed by atoms with Crippen molar-refractivity contribution in [2.24, 2.45) is 0 Å². The first kappa shape index (κ1) is 15.3. The number of anilines is 1. The second-order valence-corrected chi connectivity index (χ2v) is 6.48. The third-order valence-corrected chi connectivity index (χ3v) is 4.68. The highest BCUT2D eigenvalue weighted by Crippen LogP contribution is 2.46. The van der Waals surface area contributed by atoms with Crippen molar-refractivity contribution in [3.8, 4) is 5.75 Å². The summed E-state index contributed by atoms with van der Waals surface area (Å²) in [6, 6.07) is 7.33. The molecule has 0 amide bonds. The van der Waals surface area contributed by atoms with Gasteiger partial charge in [0, 0.05) is 18.1 Å². The Labute approximate surface area is 142 Å². The first-order valence-corrected chi connectivity index (χ1v) is 7.82. The summed E-state index contributed by atoms with van der Waals surface area (Å²) in [6.45, 7) is 1.78. The molecule has 0 saturated carbocycles. The topological polar surface area (TPSA) is 24.5 Å². The molecule has 4 rings (SSSR count). The summed E-state index contributed by atoms with van der Waals surface area (Å²) in [4.78, 5) is 1.50. The van der Waals surface area contributed by atoms with Gasteiger partial charge in [-0.05, 0) is 49.5 Å². The van der Waals surface area contributed by atoms with Gasteiger partial charge in [0.05, 0.1) is 11.7 Å². The minimum Gasteiger partial charge on any atom is -0.467 e. The van der Waals surface area contributed by atoms with E-state index >= 15 is 0 Å². The van der Waals surface area contributed by atoms with Crippen molar-refractivity contribution in [3.63, 3.8) is 0 Å². The van der Waals surface area contributed by atoms with Crippen molar-refractivity contribution in [2.45, 2.75) is 25.1 Å². The molecule has 2 aromatic carbocycles. The van der Waals surface area contributed by atoms with E-state index in [1.807, 2.05) is 0 Å². The fraction of sp³-hybridized carbons (Fsp3) is 0.235. The van der Waals surface area contributed by atoms with E-state index in [-0.39, 0.29) is 22.7 Å². The molecule has 2 heterocycles. The molecule has 2 unspecified atom stereocenters. The van der Waals surface area contributed by atoms with E-state index in [1.165, 1.54) is 29.2 Å². The maximum Gasteiger partial charge on any atom is 0.188 e. The summed E-state index contributed by atoms with van der Waals surface area (Å²) in [5.74, 6) is -1.24. The number of ether oxygens (including phenoxy) is 1. The second kappa shape index (κ2) is 5.11. The molecule has 7 heteroatoms. The number of rotatable bonds is 1. The average molecular weight is 350 g/mol. The highest BCUT2D eigenvalue weighted by atomic mass is 32.1. The van der Waals surface area contributed by atoms with Crippen LogP contribution in [0.5, 0.6) is 5.75 Å². The highest BCUT2D eigenvalue weighted by Gasteiger charge is 2.49. The van der Waals surface area contributed by atoms with Crippen molar-refractivity contribution in [1.29, 1.82) is 0 Å². The normalized spacial score (nSPS) is 24.9. The second-order valence-electron chi connectivity index (χ2n) is 6.10. The van der Waals surface area contributed by atoms with E-state index in [4.69, 9.17) is 17.0 Å². The number of hydrogen-bond acceptors (Lipinski definition) is 2. The predicted octanol–water partition coefficient (Wildman–Crippen LogP) is 4.04. The highest BCUT2D eigenvalue weighted by molar-refractivity contribution is 7.80. The Balaban J connectivity index is 1.82. The molecule has 0 aliphatic carbocycles. The molecular formula is C17H13F3N2OS. The summed E-state index contributed by atoms with van der Waals surface area (Å²) in [5, 5.41) is 3.34. The van der Waals surface area contributed by atoms with Crippen LogP contribution in [-0.4, -0.2) is 10.8 Å². The van der Waals surface area contributed by atoms with Gasteiger partial charge >= 0.3 is 0 Å². The van der Waals surface area contributed by atoms with Gasteiger partial charge < -0.3 is 10.1 Å². The van der Waals surface area contributed by atoms with E-state index in [0.29, 0.717) is 17.7 Å². The number of fused-ring (bicyclic) bond motifs is 4. The third-order valence-electron chi connectivity index (χ3n) is 4.38. The van der Waals surface area contributed by atoms with Gasteiger partial charge in [-0.1, -0.05) is 0 Å². The fourth-order valence-electron chi connectivity index (χ4n) is 3.37. The first-order chi connectivity index (χ1) is 11.4. The van der Waals surface area contributed by atoms with Crippen LogP contribution in [0.3, 0.4) is 0 Å². The molecule has 124 valence electrons. The summed E-state index contributed by atoms with van der Waals surface area (Å²) in [7, 11) is 0. The minimum atomic E-state index is -0.962. The van der Waals surface area contributed by atoms with Crippen LogP contribution in [0, 0.1) is 17.5 Å². The Morgan fingerprint density at radius 2 is 1.88 bits per heavy atom. The maximum absolute atomic E-state index is 14.3. The van der Waals surface area contributed by atoms with Gasteiger partial charge in [-0.2, -0.15) is 0 Å². The average Bonchev–Trinajstić information content (AvgIpc) is 2.50. The van der Waals surface area contributed by atoms with Crippen LogP contribution in [-0.2, 0) is 0 Å². The molecule has 24 heavy (non-hydrogen) atoms. The number of nitrogens with one attached hydrogen (secondary N) is 1. The van der Waals surface area contributed by atoms with Crippen LogP contribution < -0.4 is 15.0 Å². The van der Waals surface area contributed by atoms with Gasteiger partial charge in [0.1, 0.15) is 23.2 Å². The number of nitrogens with zero attached hydrogens (tertiary/aromatic N) is 1. The van der Waals surface area contributed by atoms with E-state index in [2.05, 4.69) is 5.32 Å². The lowest BCUT2D eigenvalue weighted by Crippen LogP contribution is -2.65. The molecule has 1 N–H and O–H groups in total. The molecule has 0 spiro atoms. The van der Waals surface area contributed by atoms with Crippen molar-refractivity contribution < 1.29 is 17.9 Å². The van der Waals surface area contributed by atoms with E-state index in [9.17, 15) is 13.2 Å². The van der Waals surface area contributed by atoms with Gasteiger partial charge in [-0.25, -0.2) is 13.2 Å². The molecule has 3 nitrogen and oxygen atoms in total. The van der Waals surface area contributed by atoms with Gasteiger partial charge in [0.15, 0.2) is 10.8 Å². The Hall–Kier alpha value is -2.28. The summed E-state index contributed by atoms with van der Waals surface area (Å²) in [6.07, 6.45) is 0.431. The van der Waals surface area contributed by atoms with Crippen molar-refractivity contribution in [2.75, 3.05) is 4.90 Å². The molecule has 2 aliphatic heterocycles. The standard InChI is InChI=1S/C17H13F3N2OS/c1-17-8-13(11-6-9(18)3-5-15(11)23-17)21-16(24)22(17)14-4-2-10(19)7-12(14)20/h2-7,13H,8H2,1H3,(H,21,24). The SMILES string of the molecule is CC12CC(NC(=S)N1c1ccc(F)cc1F)c1cc(F)ccc1O2. The summed E-state index contributed by atoms with van der Waals surface area (Å²) >= 11 is 5.37. The van der Waals surface area contributed by atoms with Crippen LogP contribution in [0.25, 0.3) is 0 Å². The monoisotopic (exact) mass is 350 g/mol. The fourth-order valence-corrected chi connectivity index (χ4v) is 3.81. The smallest absolute Gasteiger partial charge is 0.188 e. The molecule has 0 radical (unpaired) electrons. The lowest BCUT2D eigenvalue weighted by Gasteiger charge is -2.52. The quantitative estimate of drug-likeness (QED) is 0.785. The molecule has 2 atom stereocenters. The van der Waals surface area contributed by atoms with Crippen LogP contribution in [0.1, 0.15) is 24.9 Å². The van der Waals surface area contributed by atoms with Crippen LogP contribution in [0.2, 0.25) is 0 Å². The predicted molar refractivity (Wildman–Crippen MR) is 87.4 cm³/mol. The van der Waals surface area contributed by atoms with Gasteiger partial charge in [0.25, 0.3) is 0 Å². The molecule has 2 aliphatic rings. The zero-order valence-electron chi connectivity index (χ0n) is 12.6. The Morgan fingerprint density at radius 3 is 2.62 bits per heavy atom. The van der Waals surface area contributed by atoms with Crippen LogP contribution >= 0.6 is 12.2 Å². The maximum atomic E-state index is 14.3. The minimum absolute atomic E-state index is 0.125. The third kappa shape index (κ3) is 2.23. The number of hydrogen-bond donors (Lipinski definition) is 1. The van der Waals surface area contributed by atoms with E-state index < -0.39 is 17.4 Å². The van der Waals surface area contributed by atoms with Gasteiger partial charge in [-0.3, -0.25) is 4.90 Å². The molecule has 2 bridgehead atoms. The number of halogens is 3. The van der Waals surface area contributed by atoms with Crippen LogP contribution in [0.15, 0.2) is 36.4 Å². The Kier molecular flexibility index (Phi) is 3.25. The number of benzene rings is 2. The van der Waals surface area contributed by atoms with Crippen molar-refractivity contribution >= 4 is 23.0 Å². The van der Waals surface area contributed by atoms with Crippen molar-refractivity contribution in [1.82, 2.24) is 5.32 Å². The molecule has 0 aromatic heterocycles. The van der Waals surface area contributed by atoms with Crippen molar-refractivity contribution in [3.05, 3.63) is 59.4 Å². The van der Waals surface area contributed by atoms with E-state index in [1.54, 1.807) is 13.0 Å². The first-order valence-electron chi connectivity index (χ1n) is 7.42. The zero-order valence-corrected chi connectivity index (χ0v) is 13.5. The summed E-state index contributed by atoms with van der Waals surface area (Å²) in [5.41, 5.74) is -0.161. The van der Waals surface area contributed by atoms with Crippen LogP contribution in [0.4, 0.5) is 18.9 Å². The molecule has 1 saturated heterocycles. The largest absolute Gasteiger partial charge is 0.467 e. The van der Waals surface area contributed by atoms with E-state index in [0.717, 1.165) is 6.07 Å². The summed E-state index contributed by atoms with van der Waals surface area (Å²) < 4.78 is 47.1. The van der Waals surface area contributed by atoms with Gasteiger partial charge in [0.2, 0.25) is 0 Å². The molecular weight excluding hydrogens is 337 g/mol. The number of thiocarbonyl (C=S) groups is 1. The Bertz CT molecular complexity index is 860. The van der Waals surface area contributed by atoms with Gasteiger partial charge in [-0.15, -0.1) is 0 Å².